The lowest BCUT2D eigenvalue weighted by Crippen LogP contribution is -2.29. The lowest BCUT2D eigenvalue weighted by Gasteiger charge is -2.27. The highest BCUT2D eigenvalue weighted by atomic mass is 35.5. The van der Waals surface area contributed by atoms with Crippen LogP contribution in [0.1, 0.15) is 56.3 Å². The zero-order chi connectivity index (χ0) is 15.3. The van der Waals surface area contributed by atoms with Gasteiger partial charge in [0.1, 0.15) is 11.0 Å². The maximum Gasteiger partial charge on any atom is 0.249 e. The third-order valence-electron chi connectivity index (χ3n) is 3.72. The monoisotopic (exact) mass is 308 g/mol. The summed E-state index contributed by atoms with van der Waals surface area (Å²) >= 11 is 6.42. The topological polar surface area (TPSA) is 48.2 Å². The summed E-state index contributed by atoms with van der Waals surface area (Å²) in [6, 6.07) is 9.70. The second kappa shape index (κ2) is 7.05. The summed E-state index contributed by atoms with van der Waals surface area (Å²) in [6.07, 6.45) is 1.57. The predicted molar refractivity (Wildman–Crippen MR) is 82.3 cm³/mol. The molecule has 0 aliphatic rings. The van der Waals surface area contributed by atoms with Crippen LogP contribution in [0.15, 0.2) is 34.9 Å². The van der Waals surface area contributed by atoms with Crippen molar-refractivity contribution in [1.29, 1.82) is 0 Å². The third kappa shape index (κ3) is 3.27. The fraction of sp³-hybridized carbons (Fsp3) is 0.500. The molecule has 4 nitrogen and oxygen atoms in total. The Bertz CT molecular complexity index is 552. The van der Waals surface area contributed by atoms with Crippen LogP contribution in [0.3, 0.4) is 0 Å². The summed E-state index contributed by atoms with van der Waals surface area (Å²) in [5, 5.41) is 3.66. The van der Waals surface area contributed by atoms with E-state index in [0.29, 0.717) is 18.3 Å². The van der Waals surface area contributed by atoms with Gasteiger partial charge in [-0.1, -0.05) is 49.3 Å². The molecular formula is C16H21ClN2O2. The smallest absolute Gasteiger partial charge is 0.249 e. The van der Waals surface area contributed by atoms with Crippen molar-refractivity contribution in [1.82, 2.24) is 10.1 Å². The molecule has 1 aromatic carbocycles. The molecule has 1 atom stereocenters. The molecule has 1 unspecified atom stereocenters. The Morgan fingerprint density at radius 3 is 2.43 bits per heavy atom. The van der Waals surface area contributed by atoms with Crippen LogP contribution in [0.5, 0.6) is 0 Å². The van der Waals surface area contributed by atoms with E-state index in [9.17, 15) is 0 Å². The molecule has 0 saturated heterocycles. The van der Waals surface area contributed by atoms with Crippen LogP contribution in [-0.2, 0) is 10.3 Å². The van der Waals surface area contributed by atoms with Gasteiger partial charge in [0.25, 0.3) is 0 Å². The highest BCUT2D eigenvalue weighted by Crippen LogP contribution is 2.33. The van der Waals surface area contributed by atoms with Gasteiger partial charge in [0, 0.05) is 6.61 Å². The molecule has 0 saturated carbocycles. The quantitative estimate of drug-likeness (QED) is 0.709. The van der Waals surface area contributed by atoms with Crippen LogP contribution in [0.25, 0.3) is 0 Å². The van der Waals surface area contributed by atoms with E-state index >= 15 is 0 Å². The van der Waals surface area contributed by atoms with Gasteiger partial charge in [0.05, 0.1) is 0 Å². The van der Waals surface area contributed by atoms with Gasteiger partial charge in [-0.25, -0.2) is 0 Å². The molecule has 1 aromatic heterocycles. The van der Waals surface area contributed by atoms with E-state index < -0.39 is 11.0 Å². The summed E-state index contributed by atoms with van der Waals surface area (Å²) in [6.45, 7) is 6.69. The van der Waals surface area contributed by atoms with E-state index in [2.05, 4.69) is 24.0 Å². The first-order chi connectivity index (χ1) is 10.2. The van der Waals surface area contributed by atoms with Gasteiger partial charge in [-0.05, 0) is 25.3 Å². The van der Waals surface area contributed by atoms with Crippen molar-refractivity contribution in [2.45, 2.75) is 44.6 Å². The van der Waals surface area contributed by atoms with Gasteiger partial charge >= 0.3 is 0 Å². The molecule has 0 radical (unpaired) electrons. The number of benzene rings is 1. The van der Waals surface area contributed by atoms with E-state index in [-0.39, 0.29) is 0 Å². The van der Waals surface area contributed by atoms with Gasteiger partial charge in [-0.15, -0.1) is 11.6 Å². The van der Waals surface area contributed by atoms with Crippen LogP contribution < -0.4 is 0 Å². The SMILES string of the molecule is CCOC(CC)(CC)c1noc(C(Cl)c2ccccc2)n1. The number of aromatic nitrogens is 2. The third-order valence-corrected chi connectivity index (χ3v) is 4.16. The van der Waals surface area contributed by atoms with Crippen LogP contribution >= 0.6 is 11.6 Å². The Kier molecular flexibility index (Phi) is 5.37. The molecule has 0 aliphatic carbocycles. The summed E-state index contributed by atoms with van der Waals surface area (Å²) in [5.41, 5.74) is 0.438. The molecule has 0 spiro atoms. The van der Waals surface area contributed by atoms with E-state index in [1.54, 1.807) is 0 Å². The van der Waals surface area contributed by atoms with E-state index in [1.165, 1.54) is 0 Å². The summed E-state index contributed by atoms with van der Waals surface area (Å²) < 4.78 is 11.2. The Balaban J connectivity index is 2.28. The largest absolute Gasteiger partial charge is 0.367 e. The molecule has 0 aliphatic heterocycles. The molecule has 0 fully saturated rings. The number of hydrogen-bond donors (Lipinski definition) is 0. The number of alkyl halides is 1. The number of hydrogen-bond acceptors (Lipinski definition) is 4. The summed E-state index contributed by atoms with van der Waals surface area (Å²) in [5.74, 6) is 0.981. The van der Waals surface area contributed by atoms with Crippen molar-refractivity contribution in [2.75, 3.05) is 6.61 Å². The predicted octanol–water partition coefficient (Wildman–Crippen LogP) is 4.45. The molecule has 0 N–H and O–H groups in total. The van der Waals surface area contributed by atoms with Crippen molar-refractivity contribution < 1.29 is 9.26 Å². The standard InChI is InChI=1S/C16H21ClN2O2/c1-4-16(5-2,20-6-3)15-18-14(21-19-15)13(17)12-10-8-7-9-11-12/h7-11,13H,4-6H2,1-3H3. The van der Waals surface area contributed by atoms with Gasteiger partial charge in [0.2, 0.25) is 11.7 Å². The molecule has 1 heterocycles. The minimum atomic E-state index is -0.496. The Hall–Kier alpha value is -1.39. The second-order valence-electron chi connectivity index (χ2n) is 4.86. The molecule has 2 rings (SSSR count). The zero-order valence-electron chi connectivity index (χ0n) is 12.7. The van der Waals surface area contributed by atoms with E-state index in [4.69, 9.17) is 20.9 Å². The van der Waals surface area contributed by atoms with Crippen molar-refractivity contribution >= 4 is 11.6 Å². The first kappa shape index (κ1) is 16.0. The molecule has 21 heavy (non-hydrogen) atoms. The van der Waals surface area contributed by atoms with E-state index in [0.717, 1.165) is 18.4 Å². The van der Waals surface area contributed by atoms with Gasteiger partial charge in [0.15, 0.2) is 0 Å². The van der Waals surface area contributed by atoms with Crippen LogP contribution in [0.2, 0.25) is 0 Å². The molecule has 114 valence electrons. The molecule has 5 heteroatoms. The first-order valence-electron chi connectivity index (χ1n) is 7.33. The number of nitrogens with zero attached hydrogens (tertiary/aromatic N) is 2. The van der Waals surface area contributed by atoms with Gasteiger partial charge < -0.3 is 9.26 Å². The maximum absolute atomic E-state index is 6.42. The minimum Gasteiger partial charge on any atom is -0.367 e. The molecule has 0 bridgehead atoms. The average molecular weight is 309 g/mol. The fourth-order valence-corrected chi connectivity index (χ4v) is 2.63. The normalized spacial score (nSPS) is 13.3. The number of ether oxygens (including phenoxy) is 1. The van der Waals surface area contributed by atoms with Crippen LogP contribution in [0.4, 0.5) is 0 Å². The first-order valence-corrected chi connectivity index (χ1v) is 7.77. The Morgan fingerprint density at radius 2 is 1.86 bits per heavy atom. The van der Waals surface area contributed by atoms with Crippen molar-refractivity contribution in [3.05, 3.63) is 47.6 Å². The fourth-order valence-electron chi connectivity index (χ4n) is 2.40. The van der Waals surface area contributed by atoms with Crippen LogP contribution in [0, 0.1) is 0 Å². The Morgan fingerprint density at radius 1 is 1.19 bits per heavy atom. The molecular weight excluding hydrogens is 288 g/mol. The van der Waals surface area contributed by atoms with Gasteiger partial charge in [-0.2, -0.15) is 4.98 Å². The summed E-state index contributed by atoms with van der Waals surface area (Å²) in [7, 11) is 0. The van der Waals surface area contributed by atoms with Gasteiger partial charge in [-0.3, -0.25) is 0 Å². The number of rotatable bonds is 7. The number of halogens is 1. The lowest BCUT2D eigenvalue weighted by molar-refractivity contribution is -0.0583. The average Bonchev–Trinajstić information content (AvgIpc) is 3.03. The summed E-state index contributed by atoms with van der Waals surface area (Å²) in [4.78, 5) is 4.48. The minimum absolute atomic E-state index is 0.406. The molecule has 2 aromatic rings. The highest BCUT2D eigenvalue weighted by molar-refractivity contribution is 6.22. The zero-order valence-corrected chi connectivity index (χ0v) is 13.4. The highest BCUT2D eigenvalue weighted by Gasteiger charge is 2.35. The lowest BCUT2D eigenvalue weighted by atomic mass is 9.96. The maximum atomic E-state index is 6.42. The van der Waals surface area contributed by atoms with Crippen molar-refractivity contribution in [2.24, 2.45) is 0 Å². The second-order valence-corrected chi connectivity index (χ2v) is 5.30. The van der Waals surface area contributed by atoms with Crippen molar-refractivity contribution in [3.8, 4) is 0 Å². The molecule has 0 amide bonds. The van der Waals surface area contributed by atoms with E-state index in [1.807, 2.05) is 37.3 Å². The van der Waals surface area contributed by atoms with Crippen LogP contribution in [-0.4, -0.2) is 16.7 Å². The Labute approximate surface area is 130 Å². The van der Waals surface area contributed by atoms with Crippen molar-refractivity contribution in [3.63, 3.8) is 0 Å².